The summed E-state index contributed by atoms with van der Waals surface area (Å²) in [5.41, 5.74) is 0.177. The quantitative estimate of drug-likeness (QED) is 0.807. The van der Waals surface area contributed by atoms with E-state index >= 15 is 0 Å². The topological polar surface area (TPSA) is 63.2 Å². The average Bonchev–Trinajstić information content (AvgIpc) is 2.36. The van der Waals surface area contributed by atoms with Gasteiger partial charge in [0.25, 0.3) is 5.91 Å². The van der Waals surface area contributed by atoms with Gasteiger partial charge in [-0.25, -0.2) is 8.42 Å². The van der Waals surface area contributed by atoms with E-state index in [0.717, 1.165) is 0 Å². The lowest BCUT2D eigenvalue weighted by Crippen LogP contribution is -2.25. The summed E-state index contributed by atoms with van der Waals surface area (Å²) in [5, 5.41) is 2.56. The Hall–Kier alpha value is -1.62. The molecule has 1 aromatic rings. The summed E-state index contributed by atoms with van der Waals surface area (Å²) in [7, 11) is -3.39. The Morgan fingerprint density at radius 2 is 2.06 bits per heavy atom. The maximum atomic E-state index is 11.8. The first-order chi connectivity index (χ1) is 8.03. The van der Waals surface area contributed by atoms with Crippen molar-refractivity contribution in [2.24, 2.45) is 0 Å². The third kappa shape index (κ3) is 3.17. The van der Waals surface area contributed by atoms with E-state index in [9.17, 15) is 13.2 Å². The molecule has 4 nitrogen and oxygen atoms in total. The molecule has 0 bridgehead atoms. The van der Waals surface area contributed by atoms with Crippen LogP contribution in [0.1, 0.15) is 17.3 Å². The Morgan fingerprint density at radius 3 is 2.65 bits per heavy atom. The van der Waals surface area contributed by atoms with Crippen LogP contribution in [-0.4, -0.2) is 26.6 Å². The molecular weight excluding hydrogens is 238 g/mol. The summed E-state index contributed by atoms with van der Waals surface area (Å²) in [6, 6.07) is 6.19. The molecule has 0 aliphatic heterocycles. The molecule has 0 saturated carbocycles. The van der Waals surface area contributed by atoms with E-state index in [0.29, 0.717) is 6.54 Å². The highest BCUT2D eigenvalue weighted by Crippen LogP contribution is 2.16. The van der Waals surface area contributed by atoms with Crippen LogP contribution in [0.4, 0.5) is 0 Å². The predicted octanol–water partition coefficient (Wildman–Crippen LogP) is 1.40. The molecule has 1 rings (SSSR count). The van der Waals surface area contributed by atoms with Crippen molar-refractivity contribution >= 4 is 15.7 Å². The number of carbonyl (C=O) groups excluding carboxylic acids is 1. The first-order valence-electron chi connectivity index (χ1n) is 5.23. The van der Waals surface area contributed by atoms with Crippen LogP contribution in [-0.2, 0) is 9.84 Å². The van der Waals surface area contributed by atoms with Crippen molar-refractivity contribution < 1.29 is 13.2 Å². The lowest BCUT2D eigenvalue weighted by Gasteiger charge is -2.08. The molecule has 0 aliphatic rings. The van der Waals surface area contributed by atoms with Crippen LogP contribution < -0.4 is 5.32 Å². The highest BCUT2D eigenvalue weighted by atomic mass is 32.2. The van der Waals surface area contributed by atoms with Crippen LogP contribution >= 0.6 is 0 Å². The molecule has 1 amide bonds. The summed E-state index contributed by atoms with van der Waals surface area (Å²) in [6.07, 6.45) is 1.54. The van der Waals surface area contributed by atoms with Crippen molar-refractivity contribution in [3.63, 3.8) is 0 Å². The highest BCUT2D eigenvalue weighted by molar-refractivity contribution is 7.91. The number of benzene rings is 1. The Bertz CT molecular complexity index is 520. The minimum absolute atomic E-state index is 0.0290. The van der Waals surface area contributed by atoms with Crippen LogP contribution in [0.15, 0.2) is 41.8 Å². The molecule has 0 spiro atoms. The second-order valence-electron chi connectivity index (χ2n) is 3.40. The second kappa shape index (κ2) is 5.63. The number of rotatable bonds is 5. The van der Waals surface area contributed by atoms with Crippen LogP contribution in [0.2, 0.25) is 0 Å². The molecule has 1 aromatic carbocycles. The molecule has 0 radical (unpaired) electrons. The van der Waals surface area contributed by atoms with Gasteiger partial charge in [0.15, 0.2) is 9.84 Å². The molecule has 0 saturated heterocycles. The van der Waals surface area contributed by atoms with Crippen molar-refractivity contribution in [1.82, 2.24) is 5.32 Å². The molecule has 0 fully saturated rings. The van der Waals surface area contributed by atoms with Gasteiger partial charge in [-0.3, -0.25) is 4.79 Å². The van der Waals surface area contributed by atoms with Crippen molar-refractivity contribution in [3.8, 4) is 0 Å². The monoisotopic (exact) mass is 253 g/mol. The van der Waals surface area contributed by atoms with Gasteiger partial charge in [-0.15, -0.1) is 6.58 Å². The Labute approximate surface area is 101 Å². The van der Waals surface area contributed by atoms with Crippen LogP contribution in [0, 0.1) is 0 Å². The predicted molar refractivity (Wildman–Crippen MR) is 66.7 cm³/mol. The zero-order valence-electron chi connectivity index (χ0n) is 9.64. The van der Waals surface area contributed by atoms with Crippen LogP contribution in [0.5, 0.6) is 0 Å². The lowest BCUT2D eigenvalue weighted by molar-refractivity contribution is 0.0954. The first-order valence-corrected chi connectivity index (χ1v) is 6.89. The number of carbonyl (C=O) groups is 1. The lowest BCUT2D eigenvalue weighted by atomic mass is 10.2. The molecule has 0 unspecified atom stereocenters. The molecule has 0 atom stereocenters. The SMILES string of the molecule is C=CCNC(=O)c1ccccc1S(=O)(=O)CC. The number of hydrogen-bond donors (Lipinski definition) is 1. The van der Waals surface area contributed by atoms with Crippen molar-refractivity contribution in [2.45, 2.75) is 11.8 Å². The van der Waals surface area contributed by atoms with E-state index in [1.54, 1.807) is 19.1 Å². The summed E-state index contributed by atoms with van der Waals surface area (Å²) in [6.45, 7) is 5.33. The van der Waals surface area contributed by atoms with Gasteiger partial charge in [-0.05, 0) is 12.1 Å². The van der Waals surface area contributed by atoms with Gasteiger partial charge in [0.1, 0.15) is 0 Å². The Balaban J connectivity index is 3.17. The summed E-state index contributed by atoms with van der Waals surface area (Å²) in [4.78, 5) is 11.8. The number of nitrogens with one attached hydrogen (secondary N) is 1. The smallest absolute Gasteiger partial charge is 0.252 e. The van der Waals surface area contributed by atoms with Crippen molar-refractivity contribution in [3.05, 3.63) is 42.5 Å². The van der Waals surface area contributed by atoms with Gasteiger partial charge in [0.05, 0.1) is 16.2 Å². The molecule has 17 heavy (non-hydrogen) atoms. The fourth-order valence-electron chi connectivity index (χ4n) is 1.34. The number of hydrogen-bond acceptors (Lipinski definition) is 3. The maximum absolute atomic E-state index is 11.8. The average molecular weight is 253 g/mol. The zero-order chi connectivity index (χ0) is 12.9. The summed E-state index contributed by atoms with van der Waals surface area (Å²) in [5.74, 6) is -0.434. The number of sulfone groups is 1. The molecule has 92 valence electrons. The van der Waals surface area contributed by atoms with Crippen LogP contribution in [0.25, 0.3) is 0 Å². The van der Waals surface area contributed by atoms with E-state index in [2.05, 4.69) is 11.9 Å². The molecule has 0 aliphatic carbocycles. The molecule has 0 heterocycles. The fourth-order valence-corrected chi connectivity index (χ4v) is 2.43. The number of amides is 1. The zero-order valence-corrected chi connectivity index (χ0v) is 10.5. The fraction of sp³-hybridized carbons (Fsp3) is 0.250. The summed E-state index contributed by atoms with van der Waals surface area (Å²) >= 11 is 0. The van der Waals surface area contributed by atoms with Gasteiger partial charge < -0.3 is 5.32 Å². The largest absolute Gasteiger partial charge is 0.349 e. The summed E-state index contributed by atoms with van der Waals surface area (Å²) < 4.78 is 23.6. The van der Waals surface area contributed by atoms with E-state index in [4.69, 9.17) is 0 Å². The maximum Gasteiger partial charge on any atom is 0.252 e. The van der Waals surface area contributed by atoms with E-state index < -0.39 is 15.7 Å². The van der Waals surface area contributed by atoms with Crippen LogP contribution in [0.3, 0.4) is 0 Å². The Morgan fingerprint density at radius 1 is 1.41 bits per heavy atom. The third-order valence-corrected chi connectivity index (χ3v) is 4.04. The molecular formula is C12H15NO3S. The van der Waals surface area contributed by atoms with E-state index in [1.165, 1.54) is 18.2 Å². The van der Waals surface area contributed by atoms with E-state index in [1.807, 2.05) is 0 Å². The highest BCUT2D eigenvalue weighted by Gasteiger charge is 2.19. The third-order valence-electron chi connectivity index (χ3n) is 2.25. The van der Waals surface area contributed by atoms with E-state index in [-0.39, 0.29) is 16.2 Å². The van der Waals surface area contributed by atoms with Crippen molar-refractivity contribution in [2.75, 3.05) is 12.3 Å². The van der Waals surface area contributed by atoms with Gasteiger partial charge in [0, 0.05) is 6.54 Å². The minimum atomic E-state index is -3.39. The Kier molecular flexibility index (Phi) is 4.45. The molecule has 0 aromatic heterocycles. The normalized spacial score (nSPS) is 10.9. The standard InChI is InChI=1S/C12H15NO3S/c1-3-9-13-12(14)10-7-5-6-8-11(10)17(15,16)4-2/h3,5-8H,1,4,9H2,2H3,(H,13,14). The van der Waals surface area contributed by atoms with Gasteiger partial charge >= 0.3 is 0 Å². The van der Waals surface area contributed by atoms with Gasteiger partial charge in [-0.2, -0.15) is 0 Å². The van der Waals surface area contributed by atoms with Gasteiger partial charge in [0.2, 0.25) is 0 Å². The first kappa shape index (κ1) is 13.4. The second-order valence-corrected chi connectivity index (χ2v) is 5.64. The molecule has 5 heteroatoms. The minimum Gasteiger partial charge on any atom is -0.349 e. The van der Waals surface area contributed by atoms with Crippen molar-refractivity contribution in [1.29, 1.82) is 0 Å². The molecule has 1 N–H and O–H groups in total. The van der Waals surface area contributed by atoms with Gasteiger partial charge in [-0.1, -0.05) is 25.1 Å².